The number of nitrogens with zero attached hydrogens (tertiary/aromatic N) is 4. The lowest BCUT2D eigenvalue weighted by Crippen LogP contribution is -2.27. The number of amides is 1. The first-order valence-electron chi connectivity index (χ1n) is 9.80. The number of aromatic hydroxyl groups is 1. The number of hydrogen-bond donors (Lipinski definition) is 1. The Morgan fingerprint density at radius 2 is 1.77 bits per heavy atom. The summed E-state index contributed by atoms with van der Waals surface area (Å²) in [6.45, 7) is 0. The second-order valence-corrected chi connectivity index (χ2v) is 7.11. The van der Waals surface area contributed by atoms with Gasteiger partial charge < -0.3 is 9.52 Å². The molecule has 31 heavy (non-hydrogen) atoms. The maximum Gasteiger partial charge on any atom is 0.297 e. The summed E-state index contributed by atoms with van der Waals surface area (Å²) >= 11 is 0. The molecule has 1 atom stereocenters. The average Bonchev–Trinajstić information content (AvgIpc) is 3.48. The molecular formula is C24H18N4O3. The van der Waals surface area contributed by atoms with Gasteiger partial charge in [-0.25, -0.2) is 9.99 Å². The number of hydrogen-bond acceptors (Lipinski definition) is 6. The van der Waals surface area contributed by atoms with Crippen molar-refractivity contribution >= 4 is 11.6 Å². The molecular weight excluding hydrogens is 392 g/mol. The fourth-order valence-electron chi connectivity index (χ4n) is 3.72. The minimum Gasteiger partial charge on any atom is -0.508 e. The van der Waals surface area contributed by atoms with E-state index in [1.165, 1.54) is 11.4 Å². The van der Waals surface area contributed by atoms with E-state index in [1.807, 2.05) is 48.5 Å². The van der Waals surface area contributed by atoms with Crippen LogP contribution in [-0.2, 0) is 0 Å². The van der Waals surface area contributed by atoms with Gasteiger partial charge in [-0.3, -0.25) is 9.78 Å². The molecule has 2 aromatic carbocycles. The van der Waals surface area contributed by atoms with Gasteiger partial charge in [0.1, 0.15) is 5.75 Å². The van der Waals surface area contributed by atoms with E-state index in [0.717, 1.165) is 11.1 Å². The van der Waals surface area contributed by atoms with Gasteiger partial charge in [-0.2, -0.15) is 5.10 Å². The highest BCUT2D eigenvalue weighted by atomic mass is 16.3. The van der Waals surface area contributed by atoms with Crippen molar-refractivity contribution in [3.05, 3.63) is 102 Å². The smallest absolute Gasteiger partial charge is 0.297 e. The Hall–Kier alpha value is -4.26. The average molecular weight is 410 g/mol. The number of rotatable bonds is 4. The third-order valence-corrected chi connectivity index (χ3v) is 5.21. The maximum absolute atomic E-state index is 13.6. The standard InChI is InChI=1S/C24H18N4O3/c29-21-11-5-4-10-18(21)20-13-19(17-9-6-12-25-14-17)27-28(20)24(30)22-23(31-15-26-22)16-7-2-1-3-8-16/h1-12,14-15,20,29H,13H2. The summed E-state index contributed by atoms with van der Waals surface area (Å²) in [5.74, 6) is 0.0859. The molecule has 0 radical (unpaired) electrons. The van der Waals surface area contributed by atoms with Gasteiger partial charge in [0.2, 0.25) is 0 Å². The molecule has 5 rings (SSSR count). The van der Waals surface area contributed by atoms with Crippen LogP contribution in [0.25, 0.3) is 11.3 Å². The van der Waals surface area contributed by atoms with Crippen LogP contribution >= 0.6 is 0 Å². The molecule has 1 aliphatic rings. The monoisotopic (exact) mass is 410 g/mol. The molecule has 0 saturated carbocycles. The second kappa shape index (κ2) is 7.87. The number of oxazole rings is 1. The number of hydrazone groups is 1. The number of carbonyl (C=O) groups excluding carboxylic acids is 1. The van der Waals surface area contributed by atoms with Crippen LogP contribution in [0.1, 0.15) is 34.1 Å². The summed E-state index contributed by atoms with van der Waals surface area (Å²) in [6.07, 6.45) is 5.09. The van der Waals surface area contributed by atoms with Gasteiger partial charge in [-0.1, -0.05) is 54.6 Å². The van der Waals surface area contributed by atoms with Gasteiger partial charge in [-0.05, 0) is 12.1 Å². The van der Waals surface area contributed by atoms with E-state index in [0.29, 0.717) is 23.5 Å². The zero-order chi connectivity index (χ0) is 21.2. The van der Waals surface area contributed by atoms with E-state index >= 15 is 0 Å². The zero-order valence-corrected chi connectivity index (χ0v) is 16.4. The summed E-state index contributed by atoms with van der Waals surface area (Å²) < 4.78 is 5.54. The van der Waals surface area contributed by atoms with E-state index in [9.17, 15) is 9.90 Å². The van der Waals surface area contributed by atoms with Gasteiger partial charge in [0.15, 0.2) is 17.8 Å². The molecule has 0 saturated heterocycles. The molecule has 1 unspecified atom stereocenters. The van der Waals surface area contributed by atoms with Crippen LogP contribution < -0.4 is 0 Å². The predicted molar refractivity (Wildman–Crippen MR) is 114 cm³/mol. The lowest BCUT2D eigenvalue weighted by molar-refractivity contribution is 0.0704. The normalized spacial score (nSPS) is 15.7. The van der Waals surface area contributed by atoms with Crippen LogP contribution in [0.15, 0.2) is 95.0 Å². The number of phenolic OH excluding ortho intramolecular Hbond substituents is 1. The van der Waals surface area contributed by atoms with Gasteiger partial charge in [0.05, 0.1) is 11.8 Å². The number of carbonyl (C=O) groups is 1. The topological polar surface area (TPSA) is 91.8 Å². The second-order valence-electron chi connectivity index (χ2n) is 7.11. The Morgan fingerprint density at radius 1 is 1.00 bits per heavy atom. The molecule has 1 amide bonds. The summed E-state index contributed by atoms with van der Waals surface area (Å²) in [6, 6.07) is 19.5. The van der Waals surface area contributed by atoms with E-state index in [4.69, 9.17) is 4.42 Å². The highest BCUT2D eigenvalue weighted by Crippen LogP contribution is 2.38. The molecule has 1 N–H and O–H groups in total. The van der Waals surface area contributed by atoms with Crippen LogP contribution in [0.3, 0.4) is 0 Å². The number of aromatic nitrogens is 2. The Labute approximate surface area is 178 Å². The predicted octanol–water partition coefficient (Wildman–Crippen LogP) is 4.43. The maximum atomic E-state index is 13.6. The zero-order valence-electron chi connectivity index (χ0n) is 16.4. The summed E-state index contributed by atoms with van der Waals surface area (Å²) in [5.41, 5.74) is 3.06. The lowest BCUT2D eigenvalue weighted by Gasteiger charge is -2.22. The van der Waals surface area contributed by atoms with E-state index in [-0.39, 0.29) is 11.4 Å². The van der Waals surface area contributed by atoms with Gasteiger partial charge >= 0.3 is 0 Å². The van der Waals surface area contributed by atoms with Crippen LogP contribution in [0.5, 0.6) is 5.75 Å². The quantitative estimate of drug-likeness (QED) is 0.537. The molecule has 7 heteroatoms. The Bertz CT molecular complexity index is 1250. The number of para-hydroxylation sites is 1. The van der Waals surface area contributed by atoms with Crippen LogP contribution in [0.4, 0.5) is 0 Å². The third-order valence-electron chi connectivity index (χ3n) is 5.21. The SMILES string of the molecule is O=C(c1ncoc1-c1ccccc1)N1N=C(c2cccnc2)CC1c1ccccc1O. The van der Waals surface area contributed by atoms with E-state index < -0.39 is 11.9 Å². The Kier molecular flexibility index (Phi) is 4.76. The fourth-order valence-corrected chi connectivity index (χ4v) is 3.72. The molecule has 152 valence electrons. The van der Waals surface area contributed by atoms with Crippen molar-refractivity contribution in [2.24, 2.45) is 5.10 Å². The van der Waals surface area contributed by atoms with Crippen molar-refractivity contribution in [3.63, 3.8) is 0 Å². The van der Waals surface area contributed by atoms with E-state index in [1.54, 1.807) is 30.6 Å². The summed E-state index contributed by atoms with van der Waals surface area (Å²) in [4.78, 5) is 21.9. The first-order chi connectivity index (χ1) is 15.2. The van der Waals surface area contributed by atoms with Crippen molar-refractivity contribution in [3.8, 4) is 17.1 Å². The highest BCUT2D eigenvalue weighted by molar-refractivity contribution is 6.05. The fraction of sp³-hybridized carbons (Fsp3) is 0.0833. The largest absolute Gasteiger partial charge is 0.508 e. The first kappa shape index (κ1) is 18.7. The van der Waals surface area contributed by atoms with Crippen molar-refractivity contribution in [1.82, 2.24) is 15.0 Å². The molecule has 3 heterocycles. The molecule has 4 aromatic rings. The van der Waals surface area contributed by atoms with Crippen molar-refractivity contribution < 1.29 is 14.3 Å². The van der Waals surface area contributed by atoms with Gasteiger partial charge in [0, 0.05) is 35.5 Å². The number of benzene rings is 2. The highest BCUT2D eigenvalue weighted by Gasteiger charge is 2.37. The van der Waals surface area contributed by atoms with Crippen molar-refractivity contribution in [1.29, 1.82) is 0 Å². The third kappa shape index (κ3) is 3.46. The molecule has 0 fully saturated rings. The molecule has 1 aliphatic heterocycles. The lowest BCUT2D eigenvalue weighted by atomic mass is 9.98. The molecule has 0 aliphatic carbocycles. The van der Waals surface area contributed by atoms with Gasteiger partial charge in [0.25, 0.3) is 5.91 Å². The number of pyridine rings is 1. The van der Waals surface area contributed by atoms with Crippen LogP contribution in [0.2, 0.25) is 0 Å². The Balaban J connectivity index is 1.58. The van der Waals surface area contributed by atoms with Crippen molar-refractivity contribution in [2.45, 2.75) is 12.5 Å². The van der Waals surface area contributed by atoms with Crippen LogP contribution in [0, 0.1) is 0 Å². The minimum absolute atomic E-state index is 0.108. The molecule has 2 aromatic heterocycles. The number of phenols is 1. The summed E-state index contributed by atoms with van der Waals surface area (Å²) in [5, 5.41) is 16.4. The van der Waals surface area contributed by atoms with Crippen molar-refractivity contribution in [2.75, 3.05) is 0 Å². The Morgan fingerprint density at radius 3 is 2.55 bits per heavy atom. The molecule has 7 nitrogen and oxygen atoms in total. The van der Waals surface area contributed by atoms with E-state index in [2.05, 4.69) is 15.1 Å². The van der Waals surface area contributed by atoms with Gasteiger partial charge in [-0.15, -0.1) is 0 Å². The molecule has 0 spiro atoms. The molecule has 0 bridgehead atoms. The summed E-state index contributed by atoms with van der Waals surface area (Å²) in [7, 11) is 0. The minimum atomic E-state index is -0.482. The first-order valence-corrected chi connectivity index (χ1v) is 9.80. The van der Waals surface area contributed by atoms with Crippen LogP contribution in [-0.4, -0.2) is 31.7 Å².